The van der Waals surface area contributed by atoms with Crippen LogP contribution in [0.1, 0.15) is 38.1 Å². The van der Waals surface area contributed by atoms with Gasteiger partial charge in [0.2, 0.25) is 5.91 Å². The quantitative estimate of drug-likeness (QED) is 0.158. The van der Waals surface area contributed by atoms with Gasteiger partial charge in [0.05, 0.1) is 23.4 Å². The fraction of sp³-hybridized carbons (Fsp3) is 0.286. The second-order valence-corrected chi connectivity index (χ2v) is 7.08. The van der Waals surface area contributed by atoms with Crippen LogP contribution in [0.2, 0.25) is 0 Å². The number of aromatic nitrogens is 5. The second-order valence-electron chi connectivity index (χ2n) is 7.08. The fourth-order valence-electron chi connectivity index (χ4n) is 3.38. The molecule has 1 amide bonds. The summed E-state index contributed by atoms with van der Waals surface area (Å²) in [4.78, 5) is 32.7. The molecule has 0 aliphatic heterocycles. The van der Waals surface area contributed by atoms with Crippen molar-refractivity contribution in [3.05, 3.63) is 48.7 Å². The second kappa shape index (κ2) is 9.35. The van der Waals surface area contributed by atoms with Gasteiger partial charge in [0.1, 0.15) is 11.3 Å². The number of hydroxylamine groups is 1. The number of rotatable bonds is 9. The predicted octanol–water partition coefficient (Wildman–Crippen LogP) is 3.16. The highest BCUT2D eigenvalue weighted by Crippen LogP contribution is 2.27. The molecule has 0 saturated carbocycles. The first-order chi connectivity index (χ1) is 15.2. The maximum Gasteiger partial charge on any atom is 0.243 e. The van der Waals surface area contributed by atoms with E-state index in [1.54, 1.807) is 18.0 Å². The van der Waals surface area contributed by atoms with E-state index in [0.717, 1.165) is 28.4 Å². The highest BCUT2D eigenvalue weighted by Gasteiger charge is 2.18. The van der Waals surface area contributed by atoms with Crippen LogP contribution in [-0.2, 0) is 4.79 Å². The van der Waals surface area contributed by atoms with Crippen LogP contribution in [0.5, 0.6) is 0 Å². The van der Waals surface area contributed by atoms with Crippen LogP contribution in [0, 0.1) is 0 Å². The number of carbonyl (C=O) groups is 1. The lowest BCUT2D eigenvalue weighted by Gasteiger charge is -2.18. The summed E-state index contributed by atoms with van der Waals surface area (Å²) in [7, 11) is 0. The Morgan fingerprint density at radius 3 is 2.87 bits per heavy atom. The van der Waals surface area contributed by atoms with Crippen LogP contribution in [-0.4, -0.2) is 42.6 Å². The molecular weight excluding hydrogens is 396 g/mol. The maximum absolute atomic E-state index is 11.2. The lowest BCUT2D eigenvalue weighted by molar-refractivity contribution is -0.129. The number of fused-ring (bicyclic) bond motifs is 2. The standard InChI is InChI=1S/C21H24N8O2/c1-2-14(26-21-18-16(9-11-23-21)24-12-25-18)20-27-15-7-4-3-6-13(15)19(28-20)22-10-5-8-17(30)29-31/h3-4,6-7,9,11-12,14,31H,2,5,8,10H2,1H3,(H,23,26)(H,24,25)(H,29,30)(H,22,27,28)/t14-/m0/s1. The van der Waals surface area contributed by atoms with Gasteiger partial charge in [-0.25, -0.2) is 25.4 Å². The number of hydrogen-bond acceptors (Lipinski definition) is 8. The van der Waals surface area contributed by atoms with Gasteiger partial charge >= 0.3 is 0 Å². The van der Waals surface area contributed by atoms with Crippen LogP contribution in [0.25, 0.3) is 21.9 Å². The average molecular weight is 420 g/mol. The zero-order chi connectivity index (χ0) is 21.6. The van der Waals surface area contributed by atoms with E-state index in [1.165, 1.54) is 0 Å². The van der Waals surface area contributed by atoms with Gasteiger partial charge in [-0.1, -0.05) is 19.1 Å². The van der Waals surface area contributed by atoms with E-state index in [-0.39, 0.29) is 12.5 Å². The number of anilines is 2. The van der Waals surface area contributed by atoms with Crippen molar-refractivity contribution in [3.8, 4) is 0 Å². The number of amides is 1. The summed E-state index contributed by atoms with van der Waals surface area (Å²) in [6.45, 7) is 2.59. The van der Waals surface area contributed by atoms with E-state index >= 15 is 0 Å². The Hall–Kier alpha value is -3.79. The van der Waals surface area contributed by atoms with Gasteiger partial charge in [0.25, 0.3) is 0 Å². The molecule has 1 aromatic carbocycles. The Kier molecular flexibility index (Phi) is 6.18. The SMILES string of the molecule is CC[C@H](Nc1nccc2[nH]cnc12)c1nc(NCCCC(=O)NO)c2ccccc2n1. The Balaban J connectivity index is 1.61. The summed E-state index contributed by atoms with van der Waals surface area (Å²) in [5.74, 6) is 1.61. The summed E-state index contributed by atoms with van der Waals surface area (Å²) in [6.07, 6.45) is 4.89. The van der Waals surface area contributed by atoms with Gasteiger partial charge in [0, 0.05) is 24.5 Å². The topological polar surface area (TPSA) is 141 Å². The molecular formula is C21H24N8O2. The molecule has 0 radical (unpaired) electrons. The molecule has 0 spiro atoms. The summed E-state index contributed by atoms with van der Waals surface area (Å²) < 4.78 is 0. The Morgan fingerprint density at radius 2 is 2.03 bits per heavy atom. The van der Waals surface area contributed by atoms with E-state index < -0.39 is 5.91 Å². The molecule has 0 aliphatic rings. The number of aromatic amines is 1. The fourth-order valence-corrected chi connectivity index (χ4v) is 3.38. The van der Waals surface area contributed by atoms with Gasteiger partial charge in [-0.05, 0) is 31.0 Å². The lowest BCUT2D eigenvalue weighted by Crippen LogP contribution is -2.19. The molecule has 3 aromatic heterocycles. The highest BCUT2D eigenvalue weighted by atomic mass is 16.5. The van der Waals surface area contributed by atoms with E-state index in [0.29, 0.717) is 30.4 Å². The smallest absolute Gasteiger partial charge is 0.243 e. The normalized spacial score (nSPS) is 12.1. The van der Waals surface area contributed by atoms with Crippen LogP contribution >= 0.6 is 0 Å². The number of nitrogens with one attached hydrogen (secondary N) is 4. The molecule has 31 heavy (non-hydrogen) atoms. The van der Waals surface area contributed by atoms with E-state index in [9.17, 15) is 4.79 Å². The van der Waals surface area contributed by atoms with Crippen LogP contribution in [0.3, 0.4) is 0 Å². The Bertz CT molecular complexity index is 1190. The maximum atomic E-state index is 11.2. The van der Waals surface area contributed by atoms with Crippen molar-refractivity contribution in [1.29, 1.82) is 0 Å². The number of imidazole rings is 1. The van der Waals surface area contributed by atoms with Crippen LogP contribution < -0.4 is 16.1 Å². The molecule has 1 atom stereocenters. The van der Waals surface area contributed by atoms with Gasteiger partial charge in [-0.2, -0.15) is 0 Å². The number of nitrogens with zero attached hydrogens (tertiary/aromatic N) is 4. The molecule has 10 heteroatoms. The number of benzene rings is 1. The molecule has 0 saturated heterocycles. The first kappa shape index (κ1) is 20.5. The number of carbonyl (C=O) groups excluding carboxylic acids is 1. The zero-order valence-corrected chi connectivity index (χ0v) is 17.1. The molecule has 0 fully saturated rings. The minimum absolute atomic E-state index is 0.167. The van der Waals surface area contributed by atoms with E-state index in [4.69, 9.17) is 15.2 Å². The van der Waals surface area contributed by atoms with Gasteiger partial charge in [0.15, 0.2) is 11.6 Å². The molecule has 160 valence electrons. The van der Waals surface area contributed by atoms with Gasteiger partial charge in [-0.15, -0.1) is 0 Å². The molecule has 0 aliphatic carbocycles. The van der Waals surface area contributed by atoms with Crippen LogP contribution in [0.4, 0.5) is 11.6 Å². The summed E-state index contributed by atoms with van der Waals surface area (Å²) in [5.41, 5.74) is 4.14. The minimum atomic E-state index is -0.412. The zero-order valence-electron chi connectivity index (χ0n) is 17.1. The van der Waals surface area contributed by atoms with Crippen molar-refractivity contribution >= 4 is 39.5 Å². The number of hydrogen-bond donors (Lipinski definition) is 5. The third-order valence-electron chi connectivity index (χ3n) is 4.99. The predicted molar refractivity (Wildman–Crippen MR) is 118 cm³/mol. The Morgan fingerprint density at radius 1 is 1.16 bits per heavy atom. The number of pyridine rings is 1. The molecule has 10 nitrogen and oxygen atoms in total. The molecule has 3 heterocycles. The van der Waals surface area contributed by atoms with Crippen molar-refractivity contribution in [3.63, 3.8) is 0 Å². The van der Waals surface area contributed by atoms with Crippen molar-refractivity contribution in [2.24, 2.45) is 0 Å². The molecule has 4 aromatic rings. The van der Waals surface area contributed by atoms with Crippen molar-refractivity contribution < 1.29 is 10.0 Å². The van der Waals surface area contributed by atoms with Gasteiger partial charge < -0.3 is 15.6 Å². The van der Waals surface area contributed by atoms with Crippen molar-refractivity contribution in [2.45, 2.75) is 32.2 Å². The van der Waals surface area contributed by atoms with Crippen LogP contribution in [0.15, 0.2) is 42.9 Å². The minimum Gasteiger partial charge on any atom is -0.369 e. The molecule has 0 unspecified atom stereocenters. The Labute approximate surface area is 178 Å². The van der Waals surface area contributed by atoms with Crippen molar-refractivity contribution in [1.82, 2.24) is 30.4 Å². The summed E-state index contributed by atoms with van der Waals surface area (Å²) in [6, 6.07) is 9.50. The molecule has 5 N–H and O–H groups in total. The first-order valence-corrected chi connectivity index (χ1v) is 10.2. The molecule has 0 bridgehead atoms. The molecule has 4 rings (SSSR count). The lowest BCUT2D eigenvalue weighted by atomic mass is 10.1. The number of H-pyrrole nitrogens is 1. The first-order valence-electron chi connectivity index (χ1n) is 10.2. The third kappa shape index (κ3) is 4.53. The number of para-hydroxylation sites is 1. The van der Waals surface area contributed by atoms with E-state index in [2.05, 4.69) is 32.5 Å². The average Bonchev–Trinajstić information content (AvgIpc) is 3.29. The van der Waals surface area contributed by atoms with Crippen molar-refractivity contribution in [2.75, 3.05) is 17.2 Å². The van der Waals surface area contributed by atoms with Gasteiger partial charge in [-0.3, -0.25) is 10.0 Å². The largest absolute Gasteiger partial charge is 0.369 e. The highest BCUT2D eigenvalue weighted by molar-refractivity contribution is 5.89. The summed E-state index contributed by atoms with van der Waals surface area (Å²) >= 11 is 0. The third-order valence-corrected chi connectivity index (χ3v) is 4.99. The van der Waals surface area contributed by atoms with E-state index in [1.807, 2.05) is 30.3 Å². The summed E-state index contributed by atoms with van der Waals surface area (Å²) in [5, 5.41) is 16.3. The monoisotopic (exact) mass is 420 g/mol.